The van der Waals surface area contributed by atoms with Gasteiger partial charge in [0.15, 0.2) is 0 Å². The molecule has 1 N–H and O–H groups in total. The van der Waals surface area contributed by atoms with Crippen molar-refractivity contribution in [2.75, 3.05) is 0 Å². The van der Waals surface area contributed by atoms with E-state index in [0.717, 1.165) is 6.42 Å². The van der Waals surface area contributed by atoms with Crippen LogP contribution in [0.25, 0.3) is 0 Å². The number of aryl methyl sites for hydroxylation is 2. The van der Waals surface area contributed by atoms with E-state index < -0.39 is 0 Å². The van der Waals surface area contributed by atoms with E-state index >= 15 is 0 Å². The number of nitrogens with one attached hydrogen (secondary N) is 1. The van der Waals surface area contributed by atoms with Gasteiger partial charge in [-0.05, 0) is 49.7 Å². The minimum Gasteiger partial charge on any atom is -0.362 e. The molecule has 0 amide bonds. The van der Waals surface area contributed by atoms with Crippen LogP contribution in [0.1, 0.15) is 49.2 Å². The maximum atomic E-state index is 3.60. The maximum Gasteiger partial charge on any atom is 0.0184 e. The SMILES string of the molecule is CCc1[nH]c2c(c1CC)CCCC2. The Morgan fingerprint density at radius 2 is 1.85 bits per heavy atom. The summed E-state index contributed by atoms with van der Waals surface area (Å²) in [6.45, 7) is 4.52. The first kappa shape index (κ1) is 8.86. The summed E-state index contributed by atoms with van der Waals surface area (Å²) in [6, 6.07) is 0. The van der Waals surface area contributed by atoms with Crippen LogP contribution in [0.15, 0.2) is 0 Å². The van der Waals surface area contributed by atoms with Crippen molar-refractivity contribution in [1.82, 2.24) is 4.98 Å². The van der Waals surface area contributed by atoms with Gasteiger partial charge in [-0.15, -0.1) is 0 Å². The fraction of sp³-hybridized carbons (Fsp3) is 0.667. The Balaban J connectivity index is 2.44. The third kappa shape index (κ3) is 1.41. The highest BCUT2D eigenvalue weighted by atomic mass is 14.7. The van der Waals surface area contributed by atoms with Crippen LogP contribution in [-0.4, -0.2) is 4.98 Å². The average molecular weight is 177 g/mol. The predicted molar refractivity (Wildman–Crippen MR) is 56.2 cm³/mol. The second-order valence-corrected chi connectivity index (χ2v) is 3.95. The standard InChI is InChI=1S/C12H19N/c1-3-9-10-7-5-6-8-12(10)13-11(9)4-2/h13H,3-8H2,1-2H3. The summed E-state index contributed by atoms with van der Waals surface area (Å²) in [4.78, 5) is 3.60. The average Bonchev–Trinajstić information content (AvgIpc) is 2.55. The molecule has 2 rings (SSSR count). The van der Waals surface area contributed by atoms with Crippen LogP contribution >= 0.6 is 0 Å². The van der Waals surface area contributed by atoms with Crippen LogP contribution in [0, 0.1) is 0 Å². The fourth-order valence-electron chi connectivity index (χ4n) is 2.54. The molecule has 0 bridgehead atoms. The molecule has 0 atom stereocenters. The van der Waals surface area contributed by atoms with Gasteiger partial charge in [0, 0.05) is 11.4 Å². The maximum absolute atomic E-state index is 3.60. The van der Waals surface area contributed by atoms with Gasteiger partial charge in [0.05, 0.1) is 0 Å². The lowest BCUT2D eigenvalue weighted by Crippen LogP contribution is -2.01. The Labute approximate surface area is 80.6 Å². The van der Waals surface area contributed by atoms with Crippen LogP contribution in [0.4, 0.5) is 0 Å². The zero-order valence-electron chi connectivity index (χ0n) is 8.74. The number of rotatable bonds is 2. The van der Waals surface area contributed by atoms with Crippen molar-refractivity contribution in [3.8, 4) is 0 Å². The number of aromatic amines is 1. The highest BCUT2D eigenvalue weighted by Crippen LogP contribution is 2.27. The molecule has 0 aliphatic heterocycles. The van der Waals surface area contributed by atoms with Crippen molar-refractivity contribution < 1.29 is 0 Å². The fourth-order valence-corrected chi connectivity index (χ4v) is 2.54. The lowest BCUT2D eigenvalue weighted by atomic mass is 9.93. The van der Waals surface area contributed by atoms with E-state index in [9.17, 15) is 0 Å². The van der Waals surface area contributed by atoms with Crippen LogP contribution in [0.2, 0.25) is 0 Å². The van der Waals surface area contributed by atoms with Gasteiger partial charge in [0.1, 0.15) is 0 Å². The first-order valence-corrected chi connectivity index (χ1v) is 5.58. The van der Waals surface area contributed by atoms with Gasteiger partial charge in [-0.25, -0.2) is 0 Å². The van der Waals surface area contributed by atoms with E-state index in [0.29, 0.717) is 0 Å². The molecule has 0 radical (unpaired) electrons. The molecule has 72 valence electrons. The quantitative estimate of drug-likeness (QED) is 0.714. The normalized spacial score (nSPS) is 15.8. The molecule has 0 saturated heterocycles. The van der Waals surface area contributed by atoms with Crippen LogP contribution in [-0.2, 0) is 25.7 Å². The van der Waals surface area contributed by atoms with E-state index in [4.69, 9.17) is 0 Å². The van der Waals surface area contributed by atoms with Crippen LogP contribution in [0.5, 0.6) is 0 Å². The summed E-state index contributed by atoms with van der Waals surface area (Å²) in [5.41, 5.74) is 6.32. The first-order chi connectivity index (χ1) is 6.36. The van der Waals surface area contributed by atoms with Gasteiger partial charge in [-0.1, -0.05) is 13.8 Å². The molecule has 0 unspecified atom stereocenters. The number of fused-ring (bicyclic) bond motifs is 1. The summed E-state index contributed by atoms with van der Waals surface area (Å²) in [5, 5.41) is 0. The lowest BCUT2D eigenvalue weighted by molar-refractivity contribution is 0.673. The Bertz CT molecular complexity index is 286. The van der Waals surface area contributed by atoms with E-state index in [1.165, 1.54) is 37.8 Å². The Hall–Kier alpha value is -0.720. The summed E-state index contributed by atoms with van der Waals surface area (Å²) < 4.78 is 0. The van der Waals surface area contributed by atoms with E-state index in [1.54, 1.807) is 16.8 Å². The van der Waals surface area contributed by atoms with Crippen LogP contribution in [0.3, 0.4) is 0 Å². The smallest absolute Gasteiger partial charge is 0.0184 e. The molecule has 1 heterocycles. The van der Waals surface area contributed by atoms with E-state index in [2.05, 4.69) is 18.8 Å². The minimum atomic E-state index is 1.16. The monoisotopic (exact) mass is 177 g/mol. The van der Waals surface area contributed by atoms with Gasteiger partial charge in [0.25, 0.3) is 0 Å². The molecule has 0 fully saturated rings. The Morgan fingerprint density at radius 3 is 2.54 bits per heavy atom. The summed E-state index contributed by atoms with van der Waals surface area (Å²) >= 11 is 0. The van der Waals surface area contributed by atoms with Crippen molar-refractivity contribution in [1.29, 1.82) is 0 Å². The molecule has 13 heavy (non-hydrogen) atoms. The summed E-state index contributed by atoms with van der Waals surface area (Å²) in [7, 11) is 0. The molecule has 1 aromatic heterocycles. The van der Waals surface area contributed by atoms with E-state index in [1.807, 2.05) is 0 Å². The Kier molecular flexibility index (Phi) is 2.43. The van der Waals surface area contributed by atoms with Crippen molar-refractivity contribution in [2.45, 2.75) is 52.4 Å². The van der Waals surface area contributed by atoms with Crippen molar-refractivity contribution in [3.05, 3.63) is 22.5 Å². The zero-order valence-corrected chi connectivity index (χ0v) is 8.74. The molecule has 1 aliphatic carbocycles. The van der Waals surface area contributed by atoms with Crippen molar-refractivity contribution in [3.63, 3.8) is 0 Å². The summed E-state index contributed by atoms with van der Waals surface area (Å²) in [5.74, 6) is 0. The van der Waals surface area contributed by atoms with E-state index in [-0.39, 0.29) is 0 Å². The first-order valence-electron chi connectivity index (χ1n) is 5.58. The van der Waals surface area contributed by atoms with Crippen LogP contribution < -0.4 is 0 Å². The highest BCUT2D eigenvalue weighted by molar-refractivity contribution is 5.38. The number of hydrogen-bond acceptors (Lipinski definition) is 0. The highest BCUT2D eigenvalue weighted by Gasteiger charge is 2.17. The zero-order chi connectivity index (χ0) is 9.26. The second kappa shape index (κ2) is 3.57. The molecule has 1 nitrogen and oxygen atoms in total. The molecule has 1 heteroatoms. The summed E-state index contributed by atoms with van der Waals surface area (Å²) in [6.07, 6.45) is 7.73. The van der Waals surface area contributed by atoms with Crippen molar-refractivity contribution in [2.24, 2.45) is 0 Å². The predicted octanol–water partition coefficient (Wildman–Crippen LogP) is 3.02. The van der Waals surface area contributed by atoms with Gasteiger partial charge in [-0.2, -0.15) is 0 Å². The number of aromatic nitrogens is 1. The molecular formula is C12H19N. The van der Waals surface area contributed by atoms with Gasteiger partial charge < -0.3 is 4.98 Å². The third-order valence-electron chi connectivity index (χ3n) is 3.21. The van der Waals surface area contributed by atoms with Gasteiger partial charge >= 0.3 is 0 Å². The van der Waals surface area contributed by atoms with Gasteiger partial charge in [-0.3, -0.25) is 0 Å². The Morgan fingerprint density at radius 1 is 1.08 bits per heavy atom. The molecule has 0 saturated carbocycles. The second-order valence-electron chi connectivity index (χ2n) is 3.95. The number of H-pyrrole nitrogens is 1. The largest absolute Gasteiger partial charge is 0.362 e. The molecule has 1 aliphatic rings. The third-order valence-corrected chi connectivity index (χ3v) is 3.21. The minimum absolute atomic E-state index is 1.16. The van der Waals surface area contributed by atoms with Gasteiger partial charge in [0.2, 0.25) is 0 Å². The lowest BCUT2D eigenvalue weighted by Gasteiger charge is -2.11. The van der Waals surface area contributed by atoms with Crippen molar-refractivity contribution >= 4 is 0 Å². The topological polar surface area (TPSA) is 15.8 Å². The number of hydrogen-bond donors (Lipinski definition) is 1. The molecule has 0 aromatic carbocycles. The molecular weight excluding hydrogens is 158 g/mol. The molecule has 1 aromatic rings. The molecule has 0 spiro atoms.